The Kier molecular flexibility index (Phi) is 6.48. The first-order valence-electron chi connectivity index (χ1n) is 12.7. The molecule has 0 radical (unpaired) electrons. The molecule has 2 saturated carbocycles. The minimum absolute atomic E-state index is 0.0111. The zero-order chi connectivity index (χ0) is 24.7. The lowest BCUT2D eigenvalue weighted by Gasteiger charge is -2.34. The second-order valence-corrected chi connectivity index (χ2v) is 12.4. The fourth-order valence-corrected chi connectivity index (χ4v) is 5.36. The van der Waals surface area contributed by atoms with Crippen molar-refractivity contribution in [1.29, 1.82) is 0 Å². The molecule has 7 nitrogen and oxygen atoms in total. The van der Waals surface area contributed by atoms with E-state index in [1.807, 2.05) is 36.4 Å². The lowest BCUT2D eigenvalue weighted by Crippen LogP contribution is -2.36. The SMILES string of the molecule is CC(C)(C)NSc1cccc(NC(=O)c2ccc(NC3(CO)CC3)nc2N2CCC3(CC2)CC3)c1. The summed E-state index contributed by atoms with van der Waals surface area (Å²) in [5.41, 5.74) is 1.62. The van der Waals surface area contributed by atoms with Gasteiger partial charge in [-0.05, 0) is 107 Å². The quantitative estimate of drug-likeness (QED) is 0.381. The van der Waals surface area contributed by atoms with Crippen LogP contribution in [0.4, 0.5) is 17.3 Å². The third kappa shape index (κ3) is 5.93. The van der Waals surface area contributed by atoms with E-state index in [9.17, 15) is 9.90 Å². The standard InChI is InChI=1S/C27H37N5O2S/c1-25(2,3)31-35-20-6-4-5-19(17-20)28-24(34)21-7-8-22(30-27(18-33)11-12-27)29-23(21)32-15-13-26(9-10-26)14-16-32/h4-8,17,31,33H,9-16,18H2,1-3H3,(H,28,34)(H,29,30). The topological polar surface area (TPSA) is 89.5 Å². The van der Waals surface area contributed by atoms with E-state index in [1.54, 1.807) is 11.9 Å². The van der Waals surface area contributed by atoms with E-state index in [4.69, 9.17) is 4.98 Å². The highest BCUT2D eigenvalue weighted by atomic mass is 32.2. The van der Waals surface area contributed by atoms with Gasteiger partial charge in [-0.2, -0.15) is 0 Å². The average molecular weight is 496 g/mol. The molecule has 35 heavy (non-hydrogen) atoms. The number of carbonyl (C=O) groups excluding carboxylic acids is 1. The van der Waals surface area contributed by atoms with Gasteiger partial charge in [-0.3, -0.25) is 9.52 Å². The molecule has 188 valence electrons. The second-order valence-electron chi connectivity index (χ2n) is 11.6. The van der Waals surface area contributed by atoms with Crippen LogP contribution in [0, 0.1) is 5.41 Å². The van der Waals surface area contributed by atoms with Crippen molar-refractivity contribution in [2.45, 2.75) is 75.3 Å². The summed E-state index contributed by atoms with van der Waals surface area (Å²) in [5.74, 6) is 1.30. The summed E-state index contributed by atoms with van der Waals surface area (Å²) in [6.45, 7) is 8.30. The normalized spacial score (nSPS) is 19.9. The number of carbonyl (C=O) groups is 1. The van der Waals surface area contributed by atoms with Crippen LogP contribution in [0.1, 0.15) is 69.7 Å². The molecule has 1 amide bonds. The molecule has 1 spiro atoms. The van der Waals surface area contributed by atoms with E-state index in [-0.39, 0.29) is 23.6 Å². The van der Waals surface area contributed by atoms with Gasteiger partial charge in [-0.1, -0.05) is 6.07 Å². The van der Waals surface area contributed by atoms with E-state index < -0.39 is 0 Å². The Bertz CT molecular complexity index is 1080. The van der Waals surface area contributed by atoms with Crippen molar-refractivity contribution in [3.63, 3.8) is 0 Å². The number of aliphatic hydroxyl groups excluding tert-OH is 1. The molecule has 3 fully saturated rings. The van der Waals surface area contributed by atoms with Crippen molar-refractivity contribution in [2.24, 2.45) is 5.41 Å². The number of piperidine rings is 1. The van der Waals surface area contributed by atoms with E-state index in [2.05, 4.69) is 41.0 Å². The number of aliphatic hydroxyl groups is 1. The molecule has 1 saturated heterocycles. The fraction of sp³-hybridized carbons (Fsp3) is 0.556. The predicted octanol–water partition coefficient (Wildman–Crippen LogP) is 5.05. The van der Waals surface area contributed by atoms with Crippen LogP contribution in [-0.2, 0) is 0 Å². The van der Waals surface area contributed by atoms with Crippen molar-refractivity contribution in [3.8, 4) is 0 Å². The molecule has 2 aromatic rings. The molecule has 2 heterocycles. The summed E-state index contributed by atoms with van der Waals surface area (Å²) < 4.78 is 3.41. The Hall–Kier alpha value is -2.29. The van der Waals surface area contributed by atoms with Gasteiger partial charge in [-0.25, -0.2) is 4.98 Å². The molecule has 5 rings (SSSR count). The maximum Gasteiger partial charge on any atom is 0.259 e. The number of nitrogens with one attached hydrogen (secondary N) is 3. The van der Waals surface area contributed by atoms with Crippen LogP contribution >= 0.6 is 11.9 Å². The highest BCUT2D eigenvalue weighted by Gasteiger charge is 2.45. The van der Waals surface area contributed by atoms with Gasteiger partial charge in [0, 0.05) is 29.2 Å². The van der Waals surface area contributed by atoms with Gasteiger partial charge in [-0.15, -0.1) is 0 Å². The third-order valence-corrected chi connectivity index (χ3v) is 8.52. The summed E-state index contributed by atoms with van der Waals surface area (Å²) in [7, 11) is 0. The Balaban J connectivity index is 1.35. The van der Waals surface area contributed by atoms with Gasteiger partial charge >= 0.3 is 0 Å². The van der Waals surface area contributed by atoms with Gasteiger partial charge < -0.3 is 20.6 Å². The first-order valence-corrected chi connectivity index (χ1v) is 13.5. The minimum atomic E-state index is -0.257. The van der Waals surface area contributed by atoms with Crippen molar-refractivity contribution in [1.82, 2.24) is 9.71 Å². The molecule has 2 aliphatic carbocycles. The molecule has 8 heteroatoms. The van der Waals surface area contributed by atoms with Gasteiger partial charge in [0.25, 0.3) is 5.91 Å². The van der Waals surface area contributed by atoms with Crippen LogP contribution in [0.15, 0.2) is 41.3 Å². The number of nitrogens with zero attached hydrogens (tertiary/aromatic N) is 2. The lowest BCUT2D eigenvalue weighted by atomic mass is 9.93. The van der Waals surface area contributed by atoms with Gasteiger partial charge in [0.05, 0.1) is 17.7 Å². The number of hydrogen-bond acceptors (Lipinski definition) is 7. The van der Waals surface area contributed by atoms with Crippen LogP contribution in [0.2, 0.25) is 0 Å². The summed E-state index contributed by atoms with van der Waals surface area (Å²) in [5, 5.41) is 16.2. The van der Waals surface area contributed by atoms with Crippen molar-refractivity contribution >= 4 is 35.2 Å². The van der Waals surface area contributed by atoms with Crippen molar-refractivity contribution in [3.05, 3.63) is 42.0 Å². The summed E-state index contributed by atoms with van der Waals surface area (Å²) >= 11 is 1.56. The lowest BCUT2D eigenvalue weighted by molar-refractivity contribution is 0.102. The van der Waals surface area contributed by atoms with Crippen LogP contribution in [-0.4, -0.2) is 46.8 Å². The monoisotopic (exact) mass is 495 g/mol. The average Bonchev–Trinajstić information content (AvgIpc) is 3.76. The maximum atomic E-state index is 13.5. The maximum absolute atomic E-state index is 13.5. The van der Waals surface area contributed by atoms with Gasteiger partial charge in [0.15, 0.2) is 0 Å². The first kappa shape index (κ1) is 24.4. The number of aromatic nitrogens is 1. The summed E-state index contributed by atoms with van der Waals surface area (Å²) in [6, 6.07) is 11.6. The number of rotatable bonds is 8. The van der Waals surface area contributed by atoms with E-state index in [0.29, 0.717) is 11.0 Å². The highest BCUT2D eigenvalue weighted by Crippen LogP contribution is 2.54. The summed E-state index contributed by atoms with van der Waals surface area (Å²) in [4.78, 5) is 21.7. The number of pyridine rings is 1. The molecule has 1 aromatic carbocycles. The molecule has 0 unspecified atom stereocenters. The minimum Gasteiger partial charge on any atom is -0.394 e. The molecule has 0 atom stereocenters. The Labute approximate surface area is 212 Å². The van der Waals surface area contributed by atoms with Gasteiger partial charge in [0.1, 0.15) is 11.6 Å². The molecule has 1 aliphatic heterocycles. The second kappa shape index (κ2) is 9.30. The number of amides is 1. The fourth-order valence-electron chi connectivity index (χ4n) is 4.60. The molecule has 0 bridgehead atoms. The number of anilines is 3. The Morgan fingerprint density at radius 1 is 1.09 bits per heavy atom. The van der Waals surface area contributed by atoms with E-state index >= 15 is 0 Å². The highest BCUT2D eigenvalue weighted by molar-refractivity contribution is 7.97. The molecule has 4 N–H and O–H groups in total. The first-order chi connectivity index (χ1) is 16.7. The van der Waals surface area contributed by atoms with Crippen LogP contribution in [0.5, 0.6) is 0 Å². The Morgan fingerprint density at radius 3 is 2.46 bits per heavy atom. The zero-order valence-electron chi connectivity index (χ0n) is 21.0. The van der Waals surface area contributed by atoms with Crippen LogP contribution in [0.3, 0.4) is 0 Å². The third-order valence-electron chi connectivity index (χ3n) is 7.32. The largest absolute Gasteiger partial charge is 0.394 e. The molecular formula is C27H37N5O2S. The van der Waals surface area contributed by atoms with Crippen molar-refractivity contribution < 1.29 is 9.90 Å². The van der Waals surface area contributed by atoms with E-state index in [1.165, 1.54) is 12.8 Å². The summed E-state index contributed by atoms with van der Waals surface area (Å²) in [6.07, 6.45) is 6.87. The number of benzene rings is 1. The Morgan fingerprint density at radius 2 is 1.83 bits per heavy atom. The zero-order valence-corrected chi connectivity index (χ0v) is 21.8. The van der Waals surface area contributed by atoms with Gasteiger partial charge in [0.2, 0.25) is 0 Å². The smallest absolute Gasteiger partial charge is 0.259 e. The molecular weight excluding hydrogens is 458 g/mol. The predicted molar refractivity (Wildman–Crippen MR) is 143 cm³/mol. The molecule has 3 aliphatic rings. The van der Waals surface area contributed by atoms with Crippen LogP contribution in [0.25, 0.3) is 0 Å². The number of hydrogen-bond donors (Lipinski definition) is 4. The van der Waals surface area contributed by atoms with Crippen LogP contribution < -0.4 is 20.3 Å². The molecule has 1 aromatic heterocycles. The van der Waals surface area contributed by atoms with Crippen molar-refractivity contribution in [2.75, 3.05) is 35.2 Å². The van der Waals surface area contributed by atoms with E-state index in [0.717, 1.165) is 61.0 Å².